The van der Waals surface area contributed by atoms with E-state index in [-0.39, 0.29) is 17.9 Å². The lowest BCUT2D eigenvalue weighted by atomic mass is 9.97. The summed E-state index contributed by atoms with van der Waals surface area (Å²) in [6.45, 7) is 5.72. The van der Waals surface area contributed by atoms with Gasteiger partial charge in [0, 0.05) is 30.4 Å². The van der Waals surface area contributed by atoms with Gasteiger partial charge in [-0.15, -0.1) is 11.3 Å². The highest BCUT2D eigenvalue weighted by atomic mass is 32.2. The summed E-state index contributed by atoms with van der Waals surface area (Å²) in [4.78, 5) is 18.7. The molecule has 0 bridgehead atoms. The molecule has 1 aliphatic heterocycles. The van der Waals surface area contributed by atoms with Gasteiger partial charge in [0.2, 0.25) is 10.0 Å². The molecule has 2 rings (SSSR count). The topological polar surface area (TPSA) is 88.6 Å². The Morgan fingerprint density at radius 3 is 2.91 bits per heavy atom. The van der Waals surface area contributed by atoms with Gasteiger partial charge in [-0.3, -0.25) is 4.79 Å². The second-order valence-electron chi connectivity index (χ2n) is 5.78. The van der Waals surface area contributed by atoms with Gasteiger partial charge in [0.1, 0.15) is 5.69 Å². The summed E-state index contributed by atoms with van der Waals surface area (Å²) < 4.78 is 30.4. The molecule has 130 valence electrons. The number of rotatable bonds is 5. The second-order valence-corrected chi connectivity index (χ2v) is 8.68. The Labute approximate surface area is 141 Å². The van der Waals surface area contributed by atoms with Crippen LogP contribution in [0.25, 0.3) is 0 Å². The van der Waals surface area contributed by atoms with Crippen LogP contribution in [-0.2, 0) is 14.8 Å². The second kappa shape index (κ2) is 7.69. The van der Waals surface area contributed by atoms with E-state index >= 15 is 0 Å². The quantitative estimate of drug-likeness (QED) is 0.841. The van der Waals surface area contributed by atoms with E-state index in [1.54, 1.807) is 10.3 Å². The van der Waals surface area contributed by atoms with Crippen LogP contribution < -0.4 is 4.72 Å². The number of thiazole rings is 1. The zero-order valence-electron chi connectivity index (χ0n) is 13.6. The first-order valence-corrected chi connectivity index (χ1v) is 10.3. The maximum absolute atomic E-state index is 12.7. The Bertz CT molecular complexity index is 644. The van der Waals surface area contributed by atoms with E-state index in [9.17, 15) is 13.2 Å². The van der Waals surface area contributed by atoms with E-state index in [4.69, 9.17) is 4.74 Å². The first kappa shape index (κ1) is 18.3. The summed E-state index contributed by atoms with van der Waals surface area (Å²) in [5, 5.41) is 2.64. The van der Waals surface area contributed by atoms with Crippen molar-refractivity contribution in [1.29, 1.82) is 0 Å². The maximum Gasteiger partial charge on any atom is 0.273 e. The van der Waals surface area contributed by atoms with E-state index in [0.29, 0.717) is 38.4 Å². The minimum Gasteiger partial charge on any atom is -0.379 e. The smallest absolute Gasteiger partial charge is 0.273 e. The van der Waals surface area contributed by atoms with Crippen LogP contribution in [0, 0.1) is 12.8 Å². The number of aryl methyl sites for hydroxylation is 1. The molecule has 0 unspecified atom stereocenters. The highest BCUT2D eigenvalue weighted by molar-refractivity contribution is 7.88. The number of aromatic nitrogens is 1. The average Bonchev–Trinajstić information content (AvgIpc) is 2.81. The molecule has 1 N–H and O–H groups in total. The van der Waals surface area contributed by atoms with Crippen LogP contribution >= 0.6 is 11.3 Å². The van der Waals surface area contributed by atoms with Crippen molar-refractivity contribution < 1.29 is 17.9 Å². The zero-order valence-corrected chi connectivity index (χ0v) is 15.2. The van der Waals surface area contributed by atoms with Gasteiger partial charge >= 0.3 is 0 Å². The Morgan fingerprint density at radius 2 is 2.30 bits per heavy atom. The van der Waals surface area contributed by atoms with Crippen LogP contribution in [0.3, 0.4) is 0 Å². The molecule has 0 spiro atoms. The number of ether oxygens (including phenoxy) is 1. The number of nitrogens with zero attached hydrogens (tertiary/aromatic N) is 2. The van der Waals surface area contributed by atoms with Crippen molar-refractivity contribution in [3.63, 3.8) is 0 Å². The fraction of sp³-hybridized carbons (Fsp3) is 0.714. The molecule has 1 aromatic heterocycles. The van der Waals surface area contributed by atoms with Crippen LogP contribution in [0.4, 0.5) is 0 Å². The minimum absolute atomic E-state index is 0.0339. The summed E-state index contributed by atoms with van der Waals surface area (Å²) >= 11 is 1.45. The lowest BCUT2D eigenvalue weighted by Gasteiger charge is -2.31. The van der Waals surface area contributed by atoms with Crippen molar-refractivity contribution >= 4 is 27.3 Å². The zero-order chi connectivity index (χ0) is 17.0. The van der Waals surface area contributed by atoms with Gasteiger partial charge in [0.15, 0.2) is 0 Å². The molecule has 7 nitrogen and oxygen atoms in total. The predicted molar refractivity (Wildman–Crippen MR) is 89.1 cm³/mol. The number of hydrogen-bond donors (Lipinski definition) is 1. The summed E-state index contributed by atoms with van der Waals surface area (Å²) in [6.07, 6.45) is 1.76. The van der Waals surface area contributed by atoms with Crippen LogP contribution in [0.5, 0.6) is 0 Å². The molecule has 0 saturated carbocycles. The molecule has 2 atom stereocenters. The van der Waals surface area contributed by atoms with E-state index < -0.39 is 10.0 Å². The Kier molecular flexibility index (Phi) is 6.12. The first-order chi connectivity index (χ1) is 10.8. The largest absolute Gasteiger partial charge is 0.379 e. The summed E-state index contributed by atoms with van der Waals surface area (Å²) in [7, 11) is -3.20. The third kappa shape index (κ3) is 5.23. The van der Waals surface area contributed by atoms with Gasteiger partial charge < -0.3 is 9.64 Å². The first-order valence-electron chi connectivity index (χ1n) is 7.53. The van der Waals surface area contributed by atoms with Gasteiger partial charge in [-0.25, -0.2) is 18.1 Å². The monoisotopic (exact) mass is 361 g/mol. The number of carbonyl (C=O) groups is 1. The molecule has 0 aromatic carbocycles. The van der Waals surface area contributed by atoms with Gasteiger partial charge in [-0.05, 0) is 20.3 Å². The van der Waals surface area contributed by atoms with Crippen molar-refractivity contribution in [3.05, 3.63) is 16.1 Å². The standard InChI is InChI=1S/C14H23N3O4S2/c1-10-12(4-5-15-23(3,19)20)8-21-7-6-17(10)14(18)13-9-22-11(2)16-13/h9-10,12,15H,4-8H2,1-3H3/t10-,12+/m0/s1. The Hall–Kier alpha value is -1.03. The minimum atomic E-state index is -3.20. The molecule has 9 heteroatoms. The number of carbonyl (C=O) groups excluding carboxylic acids is 1. The Balaban J connectivity index is 2.03. The maximum atomic E-state index is 12.7. The molecule has 2 heterocycles. The average molecular weight is 361 g/mol. The van der Waals surface area contributed by atoms with Crippen molar-refractivity contribution in [2.24, 2.45) is 5.92 Å². The third-order valence-electron chi connectivity index (χ3n) is 3.96. The number of hydrogen-bond acceptors (Lipinski definition) is 6. The fourth-order valence-electron chi connectivity index (χ4n) is 2.64. The van der Waals surface area contributed by atoms with Crippen molar-refractivity contribution in [2.45, 2.75) is 26.3 Å². The van der Waals surface area contributed by atoms with Crippen molar-refractivity contribution in [2.75, 3.05) is 32.6 Å². The summed E-state index contributed by atoms with van der Waals surface area (Å²) in [5.74, 6) is -0.0103. The van der Waals surface area contributed by atoms with Crippen LogP contribution in [-0.4, -0.2) is 62.8 Å². The molecule has 1 aromatic rings. The Morgan fingerprint density at radius 1 is 1.57 bits per heavy atom. The highest BCUT2D eigenvalue weighted by Gasteiger charge is 2.31. The molecule has 1 amide bonds. The molecular formula is C14H23N3O4S2. The van der Waals surface area contributed by atoms with Gasteiger partial charge in [-0.2, -0.15) is 0 Å². The molecule has 1 saturated heterocycles. The molecule has 23 heavy (non-hydrogen) atoms. The van der Waals surface area contributed by atoms with Crippen molar-refractivity contribution in [1.82, 2.24) is 14.6 Å². The predicted octanol–water partition coefficient (Wildman–Crippen LogP) is 0.868. The van der Waals surface area contributed by atoms with Crippen LogP contribution in [0.1, 0.15) is 28.8 Å². The van der Waals surface area contributed by atoms with Crippen molar-refractivity contribution in [3.8, 4) is 0 Å². The number of amides is 1. The molecular weight excluding hydrogens is 338 g/mol. The lowest BCUT2D eigenvalue weighted by Crippen LogP contribution is -2.44. The van der Waals surface area contributed by atoms with E-state index in [0.717, 1.165) is 11.3 Å². The third-order valence-corrected chi connectivity index (χ3v) is 5.46. The normalized spacial score (nSPS) is 22.8. The van der Waals surface area contributed by atoms with Crippen LogP contribution in [0.2, 0.25) is 0 Å². The van der Waals surface area contributed by atoms with E-state index in [1.807, 2.05) is 13.8 Å². The molecule has 1 fully saturated rings. The molecule has 0 radical (unpaired) electrons. The fourth-order valence-corrected chi connectivity index (χ4v) is 3.72. The summed E-state index contributed by atoms with van der Waals surface area (Å²) in [5.41, 5.74) is 0.467. The van der Waals surface area contributed by atoms with E-state index in [2.05, 4.69) is 9.71 Å². The van der Waals surface area contributed by atoms with Gasteiger partial charge in [-0.1, -0.05) is 0 Å². The van der Waals surface area contributed by atoms with Gasteiger partial charge in [0.25, 0.3) is 5.91 Å². The summed E-state index contributed by atoms with van der Waals surface area (Å²) in [6, 6.07) is -0.0339. The lowest BCUT2D eigenvalue weighted by molar-refractivity contribution is 0.0653. The number of nitrogens with one attached hydrogen (secondary N) is 1. The SMILES string of the molecule is Cc1nc(C(=O)N2CCOC[C@@H](CCNS(C)(=O)=O)[C@@H]2C)cs1. The molecule has 0 aliphatic carbocycles. The highest BCUT2D eigenvalue weighted by Crippen LogP contribution is 2.21. The number of sulfonamides is 1. The van der Waals surface area contributed by atoms with Crippen LogP contribution in [0.15, 0.2) is 5.38 Å². The van der Waals surface area contributed by atoms with Gasteiger partial charge in [0.05, 0.1) is 24.5 Å². The van der Waals surface area contributed by atoms with E-state index in [1.165, 1.54) is 11.3 Å². The molecule has 1 aliphatic rings.